The highest BCUT2D eigenvalue weighted by atomic mass is 32.1. The van der Waals surface area contributed by atoms with Gasteiger partial charge in [0.1, 0.15) is 10.8 Å². The zero-order valence-electron chi connectivity index (χ0n) is 21.5. The summed E-state index contributed by atoms with van der Waals surface area (Å²) in [4.78, 5) is 4.65. The van der Waals surface area contributed by atoms with E-state index in [4.69, 9.17) is 13.9 Å². The van der Waals surface area contributed by atoms with Crippen LogP contribution in [0.5, 0.6) is 5.75 Å². The van der Waals surface area contributed by atoms with Crippen molar-refractivity contribution in [3.63, 3.8) is 0 Å². The molecule has 1 unspecified atom stereocenters. The number of aliphatic hydroxyl groups excluding tert-OH is 1. The van der Waals surface area contributed by atoms with Crippen molar-refractivity contribution in [2.24, 2.45) is 0 Å². The van der Waals surface area contributed by atoms with Crippen molar-refractivity contribution in [3.8, 4) is 16.3 Å². The summed E-state index contributed by atoms with van der Waals surface area (Å²) in [5, 5.41) is 13.3. The molecule has 0 bridgehead atoms. The Kier molecular flexibility index (Phi) is 11.5. The molecule has 186 valence electrons. The number of methoxy groups -OCH3 is 1. The second-order valence-corrected chi connectivity index (χ2v) is 16.0. The fourth-order valence-electron chi connectivity index (χ4n) is 4.88. The zero-order valence-corrected chi connectivity index (χ0v) is 23.3. The minimum Gasteiger partial charge on any atom is -0.497 e. The maximum Gasteiger partial charge on any atom is 0.200 e. The summed E-state index contributed by atoms with van der Waals surface area (Å²) in [6, 6.07) is 7.89. The molecule has 0 radical (unpaired) electrons. The van der Waals surface area contributed by atoms with E-state index in [1.165, 1.54) is 0 Å². The number of benzene rings is 1. The van der Waals surface area contributed by atoms with Crippen molar-refractivity contribution >= 4 is 19.7 Å². The largest absolute Gasteiger partial charge is 0.497 e. The average Bonchev–Trinajstić information content (AvgIpc) is 3.24. The van der Waals surface area contributed by atoms with Crippen LogP contribution in [0.3, 0.4) is 0 Å². The minimum atomic E-state index is -1.79. The molecule has 2 aromatic rings. The molecule has 0 spiro atoms. The zero-order chi connectivity index (χ0) is 24.4. The molecule has 1 heterocycles. The van der Waals surface area contributed by atoms with Gasteiger partial charge < -0.3 is 19.0 Å². The Balaban J connectivity index is 1.69. The first kappa shape index (κ1) is 28.0. The fraction of sp³-hybridized carbons (Fsp3) is 0.654. The van der Waals surface area contributed by atoms with Crippen molar-refractivity contribution in [2.45, 2.75) is 90.1 Å². The molecular weight excluding hydrogens is 450 g/mol. The number of hydrogen-bond donors (Lipinski definition) is 1. The molecule has 0 fully saturated rings. The van der Waals surface area contributed by atoms with E-state index < -0.39 is 14.4 Å². The smallest absolute Gasteiger partial charge is 0.200 e. The third kappa shape index (κ3) is 7.89. The predicted molar refractivity (Wildman–Crippen MR) is 141 cm³/mol. The fourth-order valence-corrected chi connectivity index (χ4v) is 11.2. The lowest BCUT2D eigenvalue weighted by Crippen LogP contribution is -2.47. The molecule has 0 aliphatic carbocycles. The molecule has 2 rings (SSSR count). The van der Waals surface area contributed by atoms with Crippen LogP contribution < -0.4 is 4.74 Å². The maximum atomic E-state index is 10.3. The van der Waals surface area contributed by atoms with Crippen LogP contribution in [0.25, 0.3) is 10.6 Å². The summed E-state index contributed by atoms with van der Waals surface area (Å²) in [6.07, 6.45) is 2.20. The van der Waals surface area contributed by atoms with Crippen molar-refractivity contribution < 1.29 is 19.0 Å². The van der Waals surface area contributed by atoms with Crippen LogP contribution in [0, 0.1) is 0 Å². The van der Waals surface area contributed by atoms with Gasteiger partial charge in [0.05, 0.1) is 32.1 Å². The van der Waals surface area contributed by atoms with Crippen molar-refractivity contribution in [1.29, 1.82) is 0 Å². The molecule has 7 heteroatoms. The quantitative estimate of drug-likeness (QED) is 0.213. The van der Waals surface area contributed by atoms with Gasteiger partial charge >= 0.3 is 0 Å². The summed E-state index contributed by atoms with van der Waals surface area (Å²) < 4.78 is 17.6. The molecule has 1 N–H and O–H groups in total. The summed E-state index contributed by atoms with van der Waals surface area (Å²) in [7, 11) is -0.128. The number of aromatic nitrogens is 1. The standard InChI is InChI=1S/C26H43NO4SSi/c1-19(2)33(20(3)4,21(5)6)31-14-9-8-12-24(28)17-30-16-23-18-32-26(27-23)22-11-10-13-25(15-22)29-7/h10-11,13,15,18-21,24,28H,8-9,12,14,16-17H2,1-7H3. The van der Waals surface area contributed by atoms with Gasteiger partial charge in [-0.1, -0.05) is 53.7 Å². The molecule has 1 atom stereocenters. The Labute approximate surface area is 205 Å². The van der Waals surface area contributed by atoms with Gasteiger partial charge in [-0.05, 0) is 48.0 Å². The Morgan fingerprint density at radius 3 is 2.36 bits per heavy atom. The van der Waals surface area contributed by atoms with E-state index in [-0.39, 0.29) is 0 Å². The van der Waals surface area contributed by atoms with Crippen LogP contribution in [-0.2, 0) is 15.8 Å². The number of nitrogens with zero attached hydrogens (tertiary/aromatic N) is 1. The normalized spacial score (nSPS) is 13.3. The highest BCUT2D eigenvalue weighted by molar-refractivity contribution is 7.13. The first-order valence-corrected chi connectivity index (χ1v) is 15.2. The van der Waals surface area contributed by atoms with E-state index in [2.05, 4.69) is 46.5 Å². The predicted octanol–water partition coefficient (Wildman–Crippen LogP) is 7.06. The average molecular weight is 494 g/mol. The second-order valence-electron chi connectivity index (χ2n) is 9.71. The van der Waals surface area contributed by atoms with Gasteiger partial charge in [-0.3, -0.25) is 0 Å². The van der Waals surface area contributed by atoms with Crippen LogP contribution in [0.2, 0.25) is 16.6 Å². The minimum absolute atomic E-state index is 0.329. The van der Waals surface area contributed by atoms with Crippen LogP contribution in [-0.4, -0.2) is 44.8 Å². The lowest BCUT2D eigenvalue weighted by atomic mass is 10.2. The first-order valence-electron chi connectivity index (χ1n) is 12.2. The Hall–Kier alpha value is -1.25. The number of ether oxygens (including phenoxy) is 2. The van der Waals surface area contributed by atoms with Crippen molar-refractivity contribution in [3.05, 3.63) is 35.3 Å². The van der Waals surface area contributed by atoms with Gasteiger partial charge in [-0.25, -0.2) is 4.98 Å². The molecule has 0 saturated carbocycles. The van der Waals surface area contributed by atoms with E-state index in [9.17, 15) is 5.11 Å². The molecule has 0 saturated heterocycles. The first-order chi connectivity index (χ1) is 15.7. The summed E-state index contributed by atoms with van der Waals surface area (Å²) in [6.45, 7) is 15.4. The van der Waals surface area contributed by atoms with Gasteiger partial charge in [0.25, 0.3) is 0 Å². The molecule has 5 nitrogen and oxygen atoms in total. The summed E-state index contributed by atoms with van der Waals surface area (Å²) >= 11 is 1.59. The Morgan fingerprint density at radius 2 is 1.73 bits per heavy atom. The number of unbranched alkanes of at least 4 members (excludes halogenated alkanes) is 1. The van der Waals surface area contributed by atoms with Gasteiger partial charge in [0.15, 0.2) is 8.32 Å². The number of rotatable bonds is 15. The number of hydrogen-bond acceptors (Lipinski definition) is 6. The Morgan fingerprint density at radius 1 is 1.03 bits per heavy atom. The molecule has 1 aromatic carbocycles. The molecular formula is C26H43NO4SSi. The lowest BCUT2D eigenvalue weighted by molar-refractivity contribution is 0.0220. The maximum absolute atomic E-state index is 10.3. The van der Waals surface area contributed by atoms with Gasteiger partial charge in [0, 0.05) is 17.6 Å². The van der Waals surface area contributed by atoms with Crippen LogP contribution in [0.4, 0.5) is 0 Å². The van der Waals surface area contributed by atoms with Crippen molar-refractivity contribution in [2.75, 3.05) is 20.3 Å². The highest BCUT2D eigenvalue weighted by Crippen LogP contribution is 2.42. The number of aliphatic hydroxyl groups is 1. The third-order valence-corrected chi connectivity index (χ3v) is 13.5. The van der Waals surface area contributed by atoms with E-state index >= 15 is 0 Å². The highest BCUT2D eigenvalue weighted by Gasteiger charge is 2.44. The topological polar surface area (TPSA) is 60.8 Å². The molecule has 0 aliphatic heterocycles. The van der Waals surface area contributed by atoms with E-state index in [0.717, 1.165) is 47.9 Å². The second kappa shape index (κ2) is 13.6. The lowest BCUT2D eigenvalue weighted by Gasteiger charge is -2.42. The molecule has 33 heavy (non-hydrogen) atoms. The monoisotopic (exact) mass is 493 g/mol. The van der Waals surface area contributed by atoms with E-state index in [1.807, 2.05) is 29.6 Å². The summed E-state index contributed by atoms with van der Waals surface area (Å²) in [5.41, 5.74) is 3.73. The molecule has 1 aromatic heterocycles. The Bertz CT molecular complexity index is 802. The van der Waals surface area contributed by atoms with E-state index in [1.54, 1.807) is 18.4 Å². The third-order valence-electron chi connectivity index (χ3n) is 6.42. The SMILES string of the molecule is COc1cccc(-c2nc(COCC(O)CCCCO[Si](C(C)C)(C(C)C)C(C)C)cs2)c1. The molecule has 0 aliphatic rings. The summed E-state index contributed by atoms with van der Waals surface area (Å²) in [5.74, 6) is 0.819. The van der Waals surface area contributed by atoms with Crippen molar-refractivity contribution in [1.82, 2.24) is 4.98 Å². The van der Waals surface area contributed by atoms with Gasteiger partial charge in [-0.15, -0.1) is 11.3 Å². The van der Waals surface area contributed by atoms with Gasteiger partial charge in [0.2, 0.25) is 0 Å². The molecule has 0 amide bonds. The van der Waals surface area contributed by atoms with Crippen LogP contribution in [0.15, 0.2) is 29.6 Å². The van der Waals surface area contributed by atoms with Gasteiger partial charge in [-0.2, -0.15) is 0 Å². The van der Waals surface area contributed by atoms with E-state index in [0.29, 0.717) is 29.8 Å². The number of thiazole rings is 1. The van der Waals surface area contributed by atoms with Crippen LogP contribution >= 0.6 is 11.3 Å². The van der Waals surface area contributed by atoms with Crippen LogP contribution in [0.1, 0.15) is 66.5 Å².